The second-order valence-electron chi connectivity index (χ2n) is 6.07. The number of aliphatic hydroxyl groups excluding tert-OH is 1. The maximum Gasteiger partial charge on any atom is 0.0858 e. The largest absolute Gasteiger partial charge is 0.388 e. The van der Waals surface area contributed by atoms with Gasteiger partial charge in [-0.1, -0.05) is 49.6 Å². The van der Waals surface area contributed by atoms with Crippen molar-refractivity contribution in [1.82, 2.24) is 0 Å². The zero-order chi connectivity index (χ0) is 13.2. The summed E-state index contributed by atoms with van der Waals surface area (Å²) in [5.41, 5.74) is 8.11. The molecule has 0 aliphatic heterocycles. The Morgan fingerprint density at radius 2 is 2.06 bits per heavy atom. The molecule has 0 aromatic heterocycles. The van der Waals surface area contributed by atoms with Crippen molar-refractivity contribution in [2.75, 3.05) is 6.54 Å². The lowest BCUT2D eigenvalue weighted by atomic mass is 9.66. The van der Waals surface area contributed by atoms with Crippen molar-refractivity contribution in [3.8, 4) is 0 Å². The Morgan fingerprint density at radius 3 is 2.61 bits per heavy atom. The van der Waals surface area contributed by atoms with Gasteiger partial charge in [-0.3, -0.25) is 0 Å². The van der Waals surface area contributed by atoms with Crippen LogP contribution >= 0.6 is 0 Å². The minimum Gasteiger partial charge on any atom is -0.388 e. The van der Waals surface area contributed by atoms with Crippen LogP contribution in [0, 0.1) is 18.3 Å². The number of aliphatic hydroxyl groups is 1. The lowest BCUT2D eigenvalue weighted by Crippen LogP contribution is -2.40. The van der Waals surface area contributed by atoms with E-state index in [0.29, 0.717) is 6.54 Å². The van der Waals surface area contributed by atoms with Gasteiger partial charge < -0.3 is 10.8 Å². The van der Waals surface area contributed by atoms with Gasteiger partial charge in [0.05, 0.1) is 6.10 Å². The van der Waals surface area contributed by atoms with Crippen LogP contribution < -0.4 is 5.73 Å². The van der Waals surface area contributed by atoms with E-state index in [1.165, 1.54) is 18.4 Å². The predicted molar refractivity (Wildman–Crippen MR) is 75.3 cm³/mol. The molecule has 2 nitrogen and oxygen atoms in total. The van der Waals surface area contributed by atoms with Gasteiger partial charge in [-0.25, -0.2) is 0 Å². The highest BCUT2D eigenvalue weighted by atomic mass is 16.3. The first-order valence-corrected chi connectivity index (χ1v) is 7.02. The summed E-state index contributed by atoms with van der Waals surface area (Å²) in [6.07, 6.45) is 4.02. The molecule has 1 unspecified atom stereocenters. The molecule has 1 saturated carbocycles. The smallest absolute Gasteiger partial charge is 0.0858 e. The van der Waals surface area contributed by atoms with Gasteiger partial charge >= 0.3 is 0 Å². The van der Waals surface area contributed by atoms with Crippen LogP contribution in [0.25, 0.3) is 0 Å². The number of benzene rings is 1. The second-order valence-corrected chi connectivity index (χ2v) is 6.07. The number of hydrogen-bond donors (Lipinski definition) is 2. The number of rotatable bonds is 3. The molecule has 1 aliphatic carbocycles. The molecule has 0 bridgehead atoms. The van der Waals surface area contributed by atoms with Crippen LogP contribution in [0.1, 0.15) is 49.8 Å². The summed E-state index contributed by atoms with van der Waals surface area (Å²) in [5, 5.41) is 10.7. The van der Waals surface area contributed by atoms with Crippen molar-refractivity contribution in [1.29, 1.82) is 0 Å². The van der Waals surface area contributed by atoms with E-state index in [-0.39, 0.29) is 5.41 Å². The highest BCUT2D eigenvalue weighted by molar-refractivity contribution is 5.26. The molecule has 2 rings (SSSR count). The normalized spacial score (nSPS) is 30.1. The minimum atomic E-state index is -0.421. The van der Waals surface area contributed by atoms with E-state index in [0.717, 1.165) is 24.3 Å². The van der Waals surface area contributed by atoms with Crippen LogP contribution in [-0.2, 0) is 0 Å². The molecule has 1 fully saturated rings. The van der Waals surface area contributed by atoms with Gasteiger partial charge in [-0.05, 0) is 31.2 Å². The molecule has 0 radical (unpaired) electrons. The molecular formula is C16H25NO. The standard InChI is InChI=1S/C16H25NO/c1-12-6-8-16(11-17,9-7-12)15(18)14-5-3-4-13(2)10-14/h3-5,10,12,15,18H,6-9,11,17H2,1-2H3. The van der Waals surface area contributed by atoms with Gasteiger partial charge in [0.1, 0.15) is 0 Å². The van der Waals surface area contributed by atoms with Crippen LogP contribution in [0.15, 0.2) is 24.3 Å². The van der Waals surface area contributed by atoms with Gasteiger partial charge in [-0.15, -0.1) is 0 Å². The van der Waals surface area contributed by atoms with Crippen LogP contribution in [-0.4, -0.2) is 11.7 Å². The average molecular weight is 247 g/mol. The monoisotopic (exact) mass is 247 g/mol. The van der Waals surface area contributed by atoms with Crippen LogP contribution in [0.3, 0.4) is 0 Å². The Balaban J connectivity index is 2.22. The fraction of sp³-hybridized carbons (Fsp3) is 0.625. The quantitative estimate of drug-likeness (QED) is 0.861. The van der Waals surface area contributed by atoms with Crippen molar-refractivity contribution in [2.24, 2.45) is 17.1 Å². The van der Waals surface area contributed by atoms with E-state index in [1.807, 2.05) is 12.1 Å². The van der Waals surface area contributed by atoms with Crippen LogP contribution in [0.4, 0.5) is 0 Å². The first-order valence-electron chi connectivity index (χ1n) is 7.02. The summed E-state index contributed by atoms with van der Waals surface area (Å²) in [6.45, 7) is 4.93. The first-order chi connectivity index (χ1) is 8.57. The van der Waals surface area contributed by atoms with Gasteiger partial charge in [0.25, 0.3) is 0 Å². The van der Waals surface area contributed by atoms with E-state index in [4.69, 9.17) is 5.73 Å². The Labute approximate surface area is 110 Å². The van der Waals surface area contributed by atoms with Gasteiger partial charge in [0, 0.05) is 12.0 Å². The van der Waals surface area contributed by atoms with Crippen LogP contribution in [0.5, 0.6) is 0 Å². The molecule has 18 heavy (non-hydrogen) atoms. The highest BCUT2D eigenvalue weighted by Crippen LogP contribution is 2.46. The fourth-order valence-corrected chi connectivity index (χ4v) is 3.12. The predicted octanol–water partition coefficient (Wildman–Crippen LogP) is 3.18. The second kappa shape index (κ2) is 5.41. The van der Waals surface area contributed by atoms with Gasteiger partial charge in [0.2, 0.25) is 0 Å². The Bertz CT molecular complexity index is 394. The Hall–Kier alpha value is -0.860. The van der Waals surface area contributed by atoms with Crippen molar-refractivity contribution in [3.05, 3.63) is 35.4 Å². The zero-order valence-electron chi connectivity index (χ0n) is 11.5. The fourth-order valence-electron chi connectivity index (χ4n) is 3.12. The molecule has 0 heterocycles. The molecule has 0 amide bonds. The molecule has 100 valence electrons. The van der Waals surface area contributed by atoms with Crippen molar-refractivity contribution >= 4 is 0 Å². The Kier molecular flexibility index (Phi) is 4.08. The lowest BCUT2D eigenvalue weighted by Gasteiger charge is -2.42. The molecule has 1 aliphatic rings. The van der Waals surface area contributed by atoms with Crippen molar-refractivity contribution < 1.29 is 5.11 Å². The summed E-state index contributed by atoms with van der Waals surface area (Å²) in [4.78, 5) is 0. The van der Waals surface area contributed by atoms with Crippen molar-refractivity contribution in [3.63, 3.8) is 0 Å². The van der Waals surface area contributed by atoms with E-state index >= 15 is 0 Å². The Morgan fingerprint density at radius 1 is 1.39 bits per heavy atom. The minimum absolute atomic E-state index is 0.111. The van der Waals surface area contributed by atoms with Crippen molar-refractivity contribution in [2.45, 2.75) is 45.6 Å². The van der Waals surface area contributed by atoms with Gasteiger partial charge in [-0.2, -0.15) is 0 Å². The summed E-state index contributed by atoms with van der Waals surface area (Å²) in [6, 6.07) is 8.19. The number of hydrogen-bond acceptors (Lipinski definition) is 2. The third-order valence-electron chi connectivity index (χ3n) is 4.61. The van der Waals surface area contributed by atoms with Gasteiger partial charge in [0.15, 0.2) is 0 Å². The molecule has 0 saturated heterocycles. The maximum absolute atomic E-state index is 10.7. The zero-order valence-corrected chi connectivity index (χ0v) is 11.5. The topological polar surface area (TPSA) is 46.2 Å². The molecule has 1 aromatic carbocycles. The average Bonchev–Trinajstić information content (AvgIpc) is 2.39. The lowest BCUT2D eigenvalue weighted by molar-refractivity contribution is -0.00821. The summed E-state index contributed by atoms with van der Waals surface area (Å²) < 4.78 is 0. The van der Waals surface area contributed by atoms with E-state index in [2.05, 4.69) is 26.0 Å². The molecule has 1 aromatic rings. The number of aryl methyl sites for hydroxylation is 1. The third kappa shape index (κ3) is 2.60. The molecule has 3 N–H and O–H groups in total. The summed E-state index contributed by atoms with van der Waals surface area (Å²) in [7, 11) is 0. The van der Waals surface area contributed by atoms with E-state index in [1.54, 1.807) is 0 Å². The first kappa shape index (κ1) is 13.6. The molecule has 1 atom stereocenters. The summed E-state index contributed by atoms with van der Waals surface area (Å²) in [5.74, 6) is 0.773. The molecule has 0 spiro atoms. The molecular weight excluding hydrogens is 222 g/mol. The third-order valence-corrected chi connectivity index (χ3v) is 4.61. The molecule has 2 heteroatoms. The number of nitrogens with two attached hydrogens (primary N) is 1. The SMILES string of the molecule is Cc1cccc(C(O)C2(CN)CCC(C)CC2)c1. The van der Waals surface area contributed by atoms with E-state index in [9.17, 15) is 5.11 Å². The highest BCUT2D eigenvalue weighted by Gasteiger charge is 2.40. The van der Waals surface area contributed by atoms with Crippen LogP contribution in [0.2, 0.25) is 0 Å². The summed E-state index contributed by atoms with van der Waals surface area (Å²) >= 11 is 0. The van der Waals surface area contributed by atoms with E-state index < -0.39 is 6.10 Å². The maximum atomic E-state index is 10.7.